The molecule has 0 amide bonds. The van der Waals surface area contributed by atoms with E-state index in [1.165, 1.54) is 30.3 Å². The Labute approximate surface area is 193 Å². The average Bonchev–Trinajstić information content (AvgIpc) is 3.14. The van der Waals surface area contributed by atoms with Crippen LogP contribution >= 0.6 is 11.6 Å². The van der Waals surface area contributed by atoms with E-state index in [-0.39, 0.29) is 52.6 Å². The Morgan fingerprint density at radius 2 is 2.00 bits per heavy atom. The minimum absolute atomic E-state index is 0.0322. The number of hydrogen-bond acceptors (Lipinski definition) is 9. The molecule has 0 fully saturated rings. The lowest BCUT2D eigenvalue weighted by molar-refractivity contribution is -0.384. The Balaban J connectivity index is 1.90. The van der Waals surface area contributed by atoms with Crippen LogP contribution in [0.1, 0.15) is 25.0 Å². The lowest BCUT2D eigenvalue weighted by Gasteiger charge is -2.14. The van der Waals surface area contributed by atoms with E-state index in [9.17, 15) is 19.7 Å². The van der Waals surface area contributed by atoms with Crippen LogP contribution in [0.15, 0.2) is 47.1 Å². The van der Waals surface area contributed by atoms with Gasteiger partial charge in [-0.25, -0.2) is 14.6 Å². The van der Waals surface area contributed by atoms with Crippen LogP contribution in [-0.2, 0) is 19.1 Å². The number of non-ortho nitro benzene ring substituents is 1. The van der Waals surface area contributed by atoms with Crippen molar-refractivity contribution in [3.05, 3.63) is 68.4 Å². The van der Waals surface area contributed by atoms with Gasteiger partial charge in [0.05, 0.1) is 23.2 Å². The Hall–Kier alpha value is -3.92. The molecule has 0 saturated heterocycles. The molecule has 0 radical (unpaired) electrons. The monoisotopic (exact) mass is 474 g/mol. The van der Waals surface area contributed by atoms with Crippen molar-refractivity contribution < 1.29 is 33.5 Å². The molecule has 0 saturated carbocycles. The first-order valence-corrected chi connectivity index (χ1v) is 10.2. The third kappa shape index (κ3) is 5.86. The summed E-state index contributed by atoms with van der Waals surface area (Å²) in [5.74, 6) is -0.925. The van der Waals surface area contributed by atoms with Crippen molar-refractivity contribution in [2.45, 2.75) is 13.8 Å². The van der Waals surface area contributed by atoms with Crippen molar-refractivity contribution in [1.82, 2.24) is 0 Å². The zero-order chi connectivity index (χ0) is 24.0. The lowest BCUT2D eigenvalue weighted by Crippen LogP contribution is -2.15. The summed E-state index contributed by atoms with van der Waals surface area (Å²) in [4.78, 5) is 38.5. The van der Waals surface area contributed by atoms with Gasteiger partial charge in [-0.05, 0) is 43.7 Å². The number of carbonyl (C=O) groups excluding carboxylic acids is 2. The second-order valence-electron chi connectivity index (χ2n) is 6.50. The van der Waals surface area contributed by atoms with Gasteiger partial charge in [0, 0.05) is 17.7 Å². The highest BCUT2D eigenvalue weighted by Crippen LogP contribution is 2.37. The summed E-state index contributed by atoms with van der Waals surface area (Å²) in [5, 5.41) is 11.1. The number of nitro benzene ring substituents is 1. The van der Waals surface area contributed by atoms with Crippen LogP contribution in [0.2, 0.25) is 5.02 Å². The molecular weight excluding hydrogens is 456 g/mol. The fourth-order valence-corrected chi connectivity index (χ4v) is 3.12. The third-order valence-corrected chi connectivity index (χ3v) is 4.48. The smallest absolute Gasteiger partial charge is 0.363 e. The van der Waals surface area contributed by atoms with Crippen molar-refractivity contribution in [2.24, 2.45) is 4.99 Å². The first-order valence-electron chi connectivity index (χ1n) is 9.84. The maximum atomic E-state index is 12.3. The third-order valence-electron chi connectivity index (χ3n) is 4.20. The normalized spacial score (nSPS) is 14.0. The van der Waals surface area contributed by atoms with Crippen LogP contribution < -0.4 is 9.47 Å². The van der Waals surface area contributed by atoms with Crippen molar-refractivity contribution in [2.75, 3.05) is 19.8 Å². The second-order valence-corrected chi connectivity index (χ2v) is 6.91. The van der Waals surface area contributed by atoms with Crippen LogP contribution in [0.5, 0.6) is 11.5 Å². The molecule has 1 aliphatic rings. The number of cyclic esters (lactones) is 1. The number of esters is 2. The minimum Gasteiger partial charge on any atom is -0.490 e. The molecular formula is C22H19ClN2O8. The van der Waals surface area contributed by atoms with Gasteiger partial charge < -0.3 is 18.9 Å². The van der Waals surface area contributed by atoms with Crippen LogP contribution in [-0.4, -0.2) is 42.6 Å². The van der Waals surface area contributed by atoms with Gasteiger partial charge in [0.15, 0.2) is 23.8 Å². The van der Waals surface area contributed by atoms with Gasteiger partial charge in [0.25, 0.3) is 5.69 Å². The summed E-state index contributed by atoms with van der Waals surface area (Å²) in [6.07, 6.45) is 1.43. The topological polar surface area (TPSA) is 127 Å². The molecule has 1 heterocycles. The number of halogens is 1. The summed E-state index contributed by atoms with van der Waals surface area (Å²) in [5.41, 5.74) is 0.560. The van der Waals surface area contributed by atoms with Gasteiger partial charge in [-0.3, -0.25) is 10.1 Å². The average molecular weight is 475 g/mol. The highest BCUT2D eigenvalue weighted by molar-refractivity contribution is 6.32. The molecule has 0 atom stereocenters. The quantitative estimate of drug-likeness (QED) is 0.231. The number of ether oxygens (including phenoxy) is 4. The number of carbonyl (C=O) groups is 2. The number of hydrogen-bond donors (Lipinski definition) is 0. The molecule has 3 rings (SSSR count). The van der Waals surface area contributed by atoms with E-state index in [1.54, 1.807) is 26.0 Å². The highest BCUT2D eigenvalue weighted by atomic mass is 35.5. The predicted octanol–water partition coefficient (Wildman–Crippen LogP) is 3.93. The molecule has 11 heteroatoms. The second kappa shape index (κ2) is 10.6. The number of benzene rings is 2. The zero-order valence-electron chi connectivity index (χ0n) is 17.7. The molecule has 2 aromatic carbocycles. The van der Waals surface area contributed by atoms with Crippen LogP contribution in [0, 0.1) is 10.1 Å². The summed E-state index contributed by atoms with van der Waals surface area (Å²) < 4.78 is 21.0. The fourth-order valence-electron chi connectivity index (χ4n) is 2.85. The number of aliphatic imine (C=N–C) groups is 1. The van der Waals surface area contributed by atoms with Gasteiger partial charge in [0.2, 0.25) is 5.90 Å². The molecule has 172 valence electrons. The van der Waals surface area contributed by atoms with E-state index in [4.69, 9.17) is 30.5 Å². The van der Waals surface area contributed by atoms with Gasteiger partial charge in [-0.1, -0.05) is 17.7 Å². The molecule has 0 aromatic heterocycles. The Kier molecular flexibility index (Phi) is 7.62. The predicted molar refractivity (Wildman–Crippen MR) is 118 cm³/mol. The summed E-state index contributed by atoms with van der Waals surface area (Å²) in [6.45, 7) is 3.61. The molecule has 0 bridgehead atoms. The zero-order valence-corrected chi connectivity index (χ0v) is 18.5. The number of rotatable bonds is 9. The summed E-state index contributed by atoms with van der Waals surface area (Å²) in [7, 11) is 0. The Bertz CT molecular complexity index is 1160. The lowest BCUT2D eigenvalue weighted by atomic mass is 10.1. The summed E-state index contributed by atoms with van der Waals surface area (Å²) >= 11 is 6.32. The minimum atomic E-state index is -0.728. The molecule has 1 aliphatic heterocycles. The molecule has 10 nitrogen and oxygen atoms in total. The Morgan fingerprint density at radius 3 is 2.70 bits per heavy atom. The highest BCUT2D eigenvalue weighted by Gasteiger charge is 2.25. The first kappa shape index (κ1) is 23.7. The standard InChI is InChI=1S/C22H19ClN2O8/c1-3-30-18-10-13(8-16(23)20(18)32-12-19(26)31-4-2)9-17-22(27)33-21(24-17)14-6-5-7-15(11-14)25(28)29/h5-11H,3-4,12H2,1-2H3/b17-9-. The molecule has 0 N–H and O–H groups in total. The molecule has 0 spiro atoms. The fraction of sp³-hybridized carbons (Fsp3) is 0.227. The SMILES string of the molecule is CCOC(=O)COc1c(Cl)cc(/C=C2\N=C(c3cccc([N+](=O)[O-])c3)OC2=O)cc1OCC. The van der Waals surface area contributed by atoms with Crippen molar-refractivity contribution in [3.63, 3.8) is 0 Å². The van der Waals surface area contributed by atoms with Gasteiger partial charge in [-0.15, -0.1) is 0 Å². The maximum absolute atomic E-state index is 12.3. The van der Waals surface area contributed by atoms with E-state index in [1.807, 2.05) is 0 Å². The first-order chi connectivity index (χ1) is 15.8. The van der Waals surface area contributed by atoms with Crippen LogP contribution in [0.3, 0.4) is 0 Å². The van der Waals surface area contributed by atoms with E-state index in [0.717, 1.165) is 0 Å². The largest absolute Gasteiger partial charge is 0.490 e. The van der Waals surface area contributed by atoms with Crippen molar-refractivity contribution in [3.8, 4) is 11.5 Å². The molecule has 0 unspecified atom stereocenters. The number of nitro groups is 1. The van der Waals surface area contributed by atoms with Crippen LogP contribution in [0.4, 0.5) is 5.69 Å². The number of nitrogens with zero attached hydrogens (tertiary/aromatic N) is 2. The molecule has 33 heavy (non-hydrogen) atoms. The van der Waals surface area contributed by atoms with E-state index >= 15 is 0 Å². The molecule has 0 aliphatic carbocycles. The van der Waals surface area contributed by atoms with E-state index in [2.05, 4.69) is 4.99 Å². The van der Waals surface area contributed by atoms with Gasteiger partial charge >= 0.3 is 11.9 Å². The van der Waals surface area contributed by atoms with E-state index in [0.29, 0.717) is 12.2 Å². The maximum Gasteiger partial charge on any atom is 0.363 e. The Morgan fingerprint density at radius 1 is 1.21 bits per heavy atom. The van der Waals surface area contributed by atoms with Crippen molar-refractivity contribution in [1.29, 1.82) is 0 Å². The van der Waals surface area contributed by atoms with Gasteiger partial charge in [-0.2, -0.15) is 0 Å². The summed E-state index contributed by atoms with van der Waals surface area (Å²) in [6, 6.07) is 8.66. The van der Waals surface area contributed by atoms with Crippen LogP contribution in [0.25, 0.3) is 6.08 Å². The molecule has 2 aromatic rings. The van der Waals surface area contributed by atoms with E-state index < -0.39 is 16.9 Å². The van der Waals surface area contributed by atoms with Gasteiger partial charge in [0.1, 0.15) is 0 Å². The van der Waals surface area contributed by atoms with Crippen molar-refractivity contribution >= 4 is 41.2 Å².